The number of hydrogen-bond acceptors (Lipinski definition) is 3. The molecule has 0 saturated carbocycles. The summed E-state index contributed by atoms with van der Waals surface area (Å²) in [6.07, 6.45) is 9.81. The van der Waals surface area contributed by atoms with E-state index in [4.69, 9.17) is 5.90 Å². The average molecular weight is 210 g/mol. The monoisotopic (exact) mass is 210 g/mol. The smallest absolute Gasteiger partial charge is 0.222 e. The fraction of sp³-hybridized carbons (Fsp3) is 0.545. The second-order valence-corrected chi connectivity index (χ2v) is 3.53. The first-order chi connectivity index (χ1) is 7.33. The Morgan fingerprint density at radius 3 is 3.13 bits per heavy atom. The quantitative estimate of drug-likeness (QED) is 0.487. The second-order valence-electron chi connectivity index (χ2n) is 3.53. The van der Waals surface area contributed by atoms with Crippen LogP contribution in [0.1, 0.15) is 25.7 Å². The van der Waals surface area contributed by atoms with E-state index in [2.05, 4.69) is 28.4 Å². The number of nitrogens with one attached hydrogen (secondary N) is 1. The summed E-state index contributed by atoms with van der Waals surface area (Å²) in [5.74, 6) is 4.82. The Bertz CT molecular complexity index is 259. The lowest BCUT2D eigenvalue weighted by molar-refractivity contribution is -0.122. The van der Waals surface area contributed by atoms with Crippen LogP contribution in [0, 0.1) is 0 Å². The SMILES string of the molecule is NOCCC(=O)NCCCC1=CC=CC1. The van der Waals surface area contributed by atoms with Crippen LogP contribution in [0.2, 0.25) is 0 Å². The maximum atomic E-state index is 11.1. The third kappa shape index (κ3) is 5.34. The van der Waals surface area contributed by atoms with Gasteiger partial charge in [-0.1, -0.05) is 23.8 Å². The van der Waals surface area contributed by atoms with E-state index in [0.29, 0.717) is 6.42 Å². The molecule has 1 amide bonds. The normalized spacial score (nSPS) is 14.1. The molecule has 3 N–H and O–H groups in total. The van der Waals surface area contributed by atoms with Crippen LogP contribution in [0.15, 0.2) is 23.8 Å². The van der Waals surface area contributed by atoms with Crippen LogP contribution in [-0.2, 0) is 9.63 Å². The van der Waals surface area contributed by atoms with Crippen LogP contribution in [0.4, 0.5) is 0 Å². The number of carbonyl (C=O) groups is 1. The molecule has 0 spiro atoms. The Morgan fingerprint density at radius 1 is 1.60 bits per heavy atom. The molecule has 1 aliphatic rings. The lowest BCUT2D eigenvalue weighted by Gasteiger charge is -2.05. The Morgan fingerprint density at radius 2 is 2.47 bits per heavy atom. The highest BCUT2D eigenvalue weighted by molar-refractivity contribution is 5.75. The van der Waals surface area contributed by atoms with E-state index >= 15 is 0 Å². The standard InChI is InChI=1S/C11H18N2O2/c12-15-9-7-11(14)13-8-3-6-10-4-1-2-5-10/h1-2,4H,3,5-9,12H2,(H,13,14). The lowest BCUT2D eigenvalue weighted by Crippen LogP contribution is -2.25. The van der Waals surface area contributed by atoms with Crippen molar-refractivity contribution in [2.45, 2.75) is 25.7 Å². The number of allylic oxidation sites excluding steroid dienone is 4. The topological polar surface area (TPSA) is 64.3 Å². The highest BCUT2D eigenvalue weighted by Gasteiger charge is 2.01. The van der Waals surface area contributed by atoms with Crippen LogP contribution in [-0.4, -0.2) is 19.1 Å². The van der Waals surface area contributed by atoms with Gasteiger partial charge in [0.1, 0.15) is 0 Å². The van der Waals surface area contributed by atoms with E-state index in [9.17, 15) is 4.79 Å². The third-order valence-corrected chi connectivity index (χ3v) is 2.29. The minimum Gasteiger partial charge on any atom is -0.356 e. The lowest BCUT2D eigenvalue weighted by atomic mass is 10.1. The highest BCUT2D eigenvalue weighted by Crippen LogP contribution is 2.15. The molecule has 0 saturated heterocycles. The van der Waals surface area contributed by atoms with Crippen LogP contribution in [0.25, 0.3) is 0 Å². The van der Waals surface area contributed by atoms with E-state index in [1.165, 1.54) is 5.57 Å². The Hall–Kier alpha value is -1.13. The van der Waals surface area contributed by atoms with Crippen molar-refractivity contribution in [3.63, 3.8) is 0 Å². The molecule has 1 rings (SSSR count). The molecule has 4 heteroatoms. The van der Waals surface area contributed by atoms with Gasteiger partial charge in [-0.25, -0.2) is 5.90 Å². The van der Waals surface area contributed by atoms with Gasteiger partial charge in [0.2, 0.25) is 5.91 Å². The number of nitrogens with two attached hydrogens (primary N) is 1. The minimum absolute atomic E-state index is 0.000948. The average Bonchev–Trinajstić information content (AvgIpc) is 2.74. The predicted octanol–water partition coefficient (Wildman–Crippen LogP) is 1.05. The number of hydrogen-bond donors (Lipinski definition) is 2. The minimum atomic E-state index is -0.000948. The summed E-state index contributed by atoms with van der Waals surface area (Å²) in [7, 11) is 0. The first kappa shape index (κ1) is 11.9. The molecule has 1 aliphatic carbocycles. The second kappa shape index (κ2) is 7.20. The van der Waals surface area contributed by atoms with Gasteiger partial charge in [0.15, 0.2) is 0 Å². The molecule has 0 aromatic carbocycles. The summed E-state index contributed by atoms with van der Waals surface area (Å²) in [5, 5.41) is 2.82. The van der Waals surface area contributed by atoms with E-state index in [1.807, 2.05) is 0 Å². The fourth-order valence-corrected chi connectivity index (χ4v) is 1.46. The molecular formula is C11H18N2O2. The van der Waals surface area contributed by atoms with Crippen molar-refractivity contribution in [1.82, 2.24) is 5.32 Å². The molecule has 0 aromatic heterocycles. The zero-order valence-corrected chi connectivity index (χ0v) is 8.87. The van der Waals surface area contributed by atoms with Gasteiger partial charge in [0, 0.05) is 6.54 Å². The molecule has 0 radical (unpaired) electrons. The third-order valence-electron chi connectivity index (χ3n) is 2.29. The van der Waals surface area contributed by atoms with Crippen molar-refractivity contribution in [3.8, 4) is 0 Å². The van der Waals surface area contributed by atoms with Crippen molar-refractivity contribution in [1.29, 1.82) is 0 Å². The molecule has 0 heterocycles. The molecule has 84 valence electrons. The molecule has 0 atom stereocenters. The van der Waals surface area contributed by atoms with E-state index in [1.54, 1.807) is 0 Å². The molecule has 15 heavy (non-hydrogen) atoms. The summed E-state index contributed by atoms with van der Waals surface area (Å²) in [5.41, 5.74) is 1.44. The molecule has 0 fully saturated rings. The van der Waals surface area contributed by atoms with Gasteiger partial charge in [-0.15, -0.1) is 0 Å². The number of carbonyl (C=O) groups excluding carboxylic acids is 1. The summed E-state index contributed by atoms with van der Waals surface area (Å²) in [6, 6.07) is 0. The Balaban J connectivity index is 1.94. The maximum Gasteiger partial charge on any atom is 0.222 e. The van der Waals surface area contributed by atoms with Crippen LogP contribution in [0.5, 0.6) is 0 Å². The van der Waals surface area contributed by atoms with Gasteiger partial charge in [-0.3, -0.25) is 4.79 Å². The fourth-order valence-electron chi connectivity index (χ4n) is 1.46. The van der Waals surface area contributed by atoms with Crippen molar-refractivity contribution >= 4 is 5.91 Å². The van der Waals surface area contributed by atoms with Gasteiger partial charge in [-0.2, -0.15) is 0 Å². The zero-order valence-electron chi connectivity index (χ0n) is 8.87. The predicted molar refractivity (Wildman–Crippen MR) is 58.8 cm³/mol. The first-order valence-electron chi connectivity index (χ1n) is 5.26. The van der Waals surface area contributed by atoms with Crippen LogP contribution < -0.4 is 11.2 Å². The van der Waals surface area contributed by atoms with E-state index in [0.717, 1.165) is 25.8 Å². The summed E-state index contributed by atoms with van der Waals surface area (Å²) in [6.45, 7) is 1.00. The Labute approximate surface area is 90.1 Å². The van der Waals surface area contributed by atoms with E-state index in [-0.39, 0.29) is 12.5 Å². The van der Waals surface area contributed by atoms with Gasteiger partial charge < -0.3 is 10.2 Å². The van der Waals surface area contributed by atoms with Crippen LogP contribution >= 0.6 is 0 Å². The maximum absolute atomic E-state index is 11.1. The van der Waals surface area contributed by atoms with Gasteiger partial charge in [0.05, 0.1) is 13.0 Å². The van der Waals surface area contributed by atoms with Crippen molar-refractivity contribution < 1.29 is 9.63 Å². The molecular weight excluding hydrogens is 192 g/mol. The van der Waals surface area contributed by atoms with Gasteiger partial charge in [0.25, 0.3) is 0 Å². The first-order valence-corrected chi connectivity index (χ1v) is 5.26. The largest absolute Gasteiger partial charge is 0.356 e. The molecule has 0 aliphatic heterocycles. The zero-order chi connectivity index (χ0) is 10.9. The number of amides is 1. The molecule has 0 bridgehead atoms. The highest BCUT2D eigenvalue weighted by atomic mass is 16.6. The van der Waals surface area contributed by atoms with Gasteiger partial charge in [-0.05, 0) is 19.3 Å². The molecule has 4 nitrogen and oxygen atoms in total. The molecule has 0 aromatic rings. The van der Waals surface area contributed by atoms with Crippen LogP contribution in [0.3, 0.4) is 0 Å². The van der Waals surface area contributed by atoms with Crippen molar-refractivity contribution in [2.75, 3.05) is 13.2 Å². The van der Waals surface area contributed by atoms with Gasteiger partial charge >= 0.3 is 0 Å². The number of rotatable bonds is 7. The van der Waals surface area contributed by atoms with Crippen molar-refractivity contribution in [2.24, 2.45) is 5.90 Å². The van der Waals surface area contributed by atoms with Crippen molar-refractivity contribution in [3.05, 3.63) is 23.8 Å². The summed E-state index contributed by atoms with van der Waals surface area (Å²) in [4.78, 5) is 15.4. The summed E-state index contributed by atoms with van der Waals surface area (Å²) >= 11 is 0. The summed E-state index contributed by atoms with van der Waals surface area (Å²) < 4.78 is 0. The Kier molecular flexibility index (Phi) is 5.73. The van der Waals surface area contributed by atoms with E-state index < -0.39 is 0 Å². The molecule has 0 unspecified atom stereocenters.